The van der Waals surface area contributed by atoms with Gasteiger partial charge in [0.2, 0.25) is 5.91 Å². The molecule has 1 aromatic rings. The van der Waals surface area contributed by atoms with Gasteiger partial charge in [-0.1, -0.05) is 17.7 Å². The van der Waals surface area contributed by atoms with Crippen molar-refractivity contribution in [2.45, 2.75) is 37.6 Å². The zero-order valence-electron chi connectivity index (χ0n) is 15.6. The van der Waals surface area contributed by atoms with Crippen LogP contribution in [0.2, 0.25) is 0 Å². The number of aryl methyl sites for hydroxylation is 1. The zero-order valence-corrected chi connectivity index (χ0v) is 16.4. The Balaban J connectivity index is 1.53. The van der Waals surface area contributed by atoms with E-state index >= 15 is 0 Å². The summed E-state index contributed by atoms with van der Waals surface area (Å²) in [6, 6.07) is 8.57. The van der Waals surface area contributed by atoms with Gasteiger partial charge in [0.25, 0.3) is 0 Å². The Morgan fingerprint density at radius 2 is 1.88 bits per heavy atom. The number of amides is 2. The molecule has 0 radical (unpaired) electrons. The van der Waals surface area contributed by atoms with Crippen molar-refractivity contribution >= 4 is 23.8 Å². The zero-order chi connectivity index (χ0) is 18.8. The van der Waals surface area contributed by atoms with Crippen molar-refractivity contribution in [3.63, 3.8) is 0 Å². The molecule has 1 saturated heterocycles. The maximum absolute atomic E-state index is 11.9. The molecule has 0 atom stereocenters. The van der Waals surface area contributed by atoms with Gasteiger partial charge in [-0.25, -0.2) is 4.79 Å². The number of hydrogen-bond acceptors (Lipinski definition) is 5. The van der Waals surface area contributed by atoms with Crippen LogP contribution < -0.4 is 10.6 Å². The first-order valence-electron chi connectivity index (χ1n) is 9.19. The number of piperidine rings is 1. The maximum Gasteiger partial charge on any atom is 0.409 e. The largest absolute Gasteiger partial charge is 0.450 e. The molecule has 1 fully saturated rings. The highest BCUT2D eigenvalue weighted by Gasteiger charge is 2.22. The van der Waals surface area contributed by atoms with Gasteiger partial charge in [0.05, 0.1) is 12.4 Å². The normalized spacial score (nSPS) is 14.9. The second-order valence-corrected chi connectivity index (χ2v) is 7.41. The van der Waals surface area contributed by atoms with Gasteiger partial charge in [-0.05, 0) is 38.8 Å². The smallest absolute Gasteiger partial charge is 0.409 e. The van der Waals surface area contributed by atoms with E-state index in [2.05, 4.69) is 29.7 Å². The molecule has 0 aromatic heterocycles. The van der Waals surface area contributed by atoms with Gasteiger partial charge in [-0.2, -0.15) is 0 Å². The lowest BCUT2D eigenvalue weighted by atomic mass is 10.1. The summed E-state index contributed by atoms with van der Waals surface area (Å²) in [5.74, 6) is 0.482. The third kappa shape index (κ3) is 7.25. The summed E-state index contributed by atoms with van der Waals surface area (Å²) in [6.45, 7) is 7.08. The SMILES string of the molecule is CCOC(=O)N1CCC(NCCNC(=O)CSc2ccc(C)cc2)CC1. The third-order valence-corrected chi connectivity index (χ3v) is 5.30. The van der Waals surface area contributed by atoms with E-state index in [1.54, 1.807) is 16.7 Å². The highest BCUT2D eigenvalue weighted by atomic mass is 32.2. The number of hydrogen-bond donors (Lipinski definition) is 2. The summed E-state index contributed by atoms with van der Waals surface area (Å²) in [7, 11) is 0. The molecule has 6 nitrogen and oxygen atoms in total. The summed E-state index contributed by atoms with van der Waals surface area (Å²) < 4.78 is 5.02. The molecule has 1 aromatic carbocycles. The van der Waals surface area contributed by atoms with Crippen molar-refractivity contribution in [2.75, 3.05) is 38.5 Å². The predicted molar refractivity (Wildman–Crippen MR) is 105 cm³/mol. The number of nitrogens with one attached hydrogen (secondary N) is 2. The van der Waals surface area contributed by atoms with Crippen LogP contribution >= 0.6 is 11.8 Å². The van der Waals surface area contributed by atoms with Gasteiger partial charge in [-0.15, -0.1) is 11.8 Å². The molecule has 0 unspecified atom stereocenters. The molecular weight excluding hydrogens is 350 g/mol. The molecule has 2 rings (SSSR count). The molecule has 144 valence electrons. The van der Waals surface area contributed by atoms with E-state index in [1.165, 1.54) is 5.56 Å². The van der Waals surface area contributed by atoms with Crippen molar-refractivity contribution in [1.29, 1.82) is 0 Å². The predicted octanol–water partition coefficient (Wildman–Crippen LogP) is 2.41. The van der Waals surface area contributed by atoms with Crippen LogP contribution in [0, 0.1) is 6.92 Å². The second-order valence-electron chi connectivity index (χ2n) is 6.37. The van der Waals surface area contributed by atoms with Crippen molar-refractivity contribution in [1.82, 2.24) is 15.5 Å². The quantitative estimate of drug-likeness (QED) is 0.536. The van der Waals surface area contributed by atoms with E-state index in [0.717, 1.165) is 37.4 Å². The average Bonchev–Trinajstić information content (AvgIpc) is 2.65. The standard InChI is InChI=1S/C19H29N3O3S/c1-3-25-19(24)22-12-8-16(9-13-22)20-10-11-21-18(23)14-26-17-6-4-15(2)5-7-17/h4-7,16,20H,3,8-14H2,1-2H3,(H,21,23). The minimum Gasteiger partial charge on any atom is -0.450 e. The number of rotatable bonds is 8. The fourth-order valence-corrected chi connectivity index (χ4v) is 3.52. The molecule has 2 amide bonds. The first-order valence-corrected chi connectivity index (χ1v) is 10.2. The fourth-order valence-electron chi connectivity index (χ4n) is 2.79. The molecule has 1 aliphatic rings. The van der Waals surface area contributed by atoms with Crippen LogP contribution in [0.15, 0.2) is 29.2 Å². The molecule has 0 bridgehead atoms. The monoisotopic (exact) mass is 379 g/mol. The number of ether oxygens (including phenoxy) is 1. The number of likely N-dealkylation sites (tertiary alicyclic amines) is 1. The van der Waals surface area contributed by atoms with Crippen molar-refractivity contribution in [3.8, 4) is 0 Å². The topological polar surface area (TPSA) is 70.7 Å². The van der Waals surface area contributed by atoms with Crippen LogP contribution in [0.5, 0.6) is 0 Å². The molecular formula is C19H29N3O3S. The van der Waals surface area contributed by atoms with Gasteiger partial charge in [-0.3, -0.25) is 4.79 Å². The molecule has 0 saturated carbocycles. The van der Waals surface area contributed by atoms with E-state index < -0.39 is 0 Å². The summed E-state index contributed by atoms with van der Waals surface area (Å²) in [4.78, 5) is 26.4. The van der Waals surface area contributed by atoms with E-state index in [9.17, 15) is 9.59 Å². The molecule has 1 aliphatic heterocycles. The lowest BCUT2D eigenvalue weighted by Crippen LogP contribution is -2.46. The number of thioether (sulfide) groups is 1. The minimum absolute atomic E-state index is 0.0505. The Morgan fingerprint density at radius 1 is 1.19 bits per heavy atom. The minimum atomic E-state index is -0.218. The van der Waals surface area contributed by atoms with E-state index in [-0.39, 0.29) is 12.0 Å². The maximum atomic E-state index is 11.9. The number of carbonyl (C=O) groups excluding carboxylic acids is 2. The van der Waals surface area contributed by atoms with Crippen LogP contribution in [-0.4, -0.2) is 61.5 Å². The van der Waals surface area contributed by atoms with Gasteiger partial charge in [0.15, 0.2) is 0 Å². The summed E-state index contributed by atoms with van der Waals surface area (Å²) in [5.41, 5.74) is 1.22. The van der Waals surface area contributed by atoms with Gasteiger partial charge >= 0.3 is 6.09 Å². The molecule has 0 aliphatic carbocycles. The number of benzene rings is 1. The van der Waals surface area contributed by atoms with Gasteiger partial charge in [0.1, 0.15) is 0 Å². The third-order valence-electron chi connectivity index (χ3n) is 4.29. The number of carbonyl (C=O) groups is 2. The molecule has 7 heteroatoms. The van der Waals surface area contributed by atoms with Crippen LogP contribution in [0.4, 0.5) is 4.79 Å². The van der Waals surface area contributed by atoms with Crippen molar-refractivity contribution in [3.05, 3.63) is 29.8 Å². The average molecular weight is 380 g/mol. The van der Waals surface area contributed by atoms with Crippen molar-refractivity contribution in [2.24, 2.45) is 0 Å². The van der Waals surface area contributed by atoms with Gasteiger partial charge in [0, 0.05) is 37.1 Å². The summed E-state index contributed by atoms with van der Waals surface area (Å²) in [5, 5.41) is 6.39. The van der Waals surface area contributed by atoms with E-state index in [4.69, 9.17) is 4.74 Å². The highest BCUT2D eigenvalue weighted by Crippen LogP contribution is 2.17. The summed E-state index contributed by atoms with van der Waals surface area (Å²) >= 11 is 1.55. The van der Waals surface area contributed by atoms with E-state index in [0.29, 0.717) is 24.9 Å². The van der Waals surface area contributed by atoms with Crippen molar-refractivity contribution < 1.29 is 14.3 Å². The Hall–Kier alpha value is -1.73. The lowest BCUT2D eigenvalue weighted by molar-refractivity contribution is -0.118. The molecule has 1 heterocycles. The molecule has 0 spiro atoms. The molecule has 26 heavy (non-hydrogen) atoms. The van der Waals surface area contributed by atoms with E-state index in [1.807, 2.05) is 19.1 Å². The van der Waals surface area contributed by atoms with Crippen LogP contribution in [0.1, 0.15) is 25.3 Å². The van der Waals surface area contributed by atoms with Crippen LogP contribution in [0.3, 0.4) is 0 Å². The fraction of sp³-hybridized carbons (Fsp3) is 0.579. The highest BCUT2D eigenvalue weighted by molar-refractivity contribution is 8.00. The Labute approximate surface area is 160 Å². The Morgan fingerprint density at radius 3 is 2.54 bits per heavy atom. The van der Waals surface area contributed by atoms with Crippen LogP contribution in [0.25, 0.3) is 0 Å². The molecule has 2 N–H and O–H groups in total. The van der Waals surface area contributed by atoms with Crippen LogP contribution in [-0.2, 0) is 9.53 Å². The first kappa shape index (κ1) is 20.6. The second kappa shape index (κ2) is 11.1. The number of nitrogens with zero attached hydrogens (tertiary/aromatic N) is 1. The lowest BCUT2D eigenvalue weighted by Gasteiger charge is -2.31. The Kier molecular flexibility index (Phi) is 8.77. The first-order chi connectivity index (χ1) is 12.6. The Bertz CT molecular complexity index is 572. The summed E-state index contributed by atoms with van der Waals surface area (Å²) in [6.07, 6.45) is 1.61. The van der Waals surface area contributed by atoms with Gasteiger partial charge < -0.3 is 20.3 Å².